The van der Waals surface area contributed by atoms with Gasteiger partial charge in [0.15, 0.2) is 0 Å². The van der Waals surface area contributed by atoms with Crippen molar-refractivity contribution in [1.82, 2.24) is 20.4 Å². The molecule has 1 aliphatic heterocycles. The van der Waals surface area contributed by atoms with Crippen LogP contribution in [0.2, 0.25) is 0 Å². The minimum atomic E-state index is 0.0253. The molecule has 6 nitrogen and oxygen atoms in total. The number of piperazine rings is 1. The molecule has 1 rings (SSSR count). The standard InChI is InChI=1S/C17H30N4O2/c1-4-7-15-12-20(13-16(22)18-8-5-2)10-11-21(15)14-17(23)19-9-6-3/h5-6,15H,2-4,7-14H2,1H3,(H,18,22)(H,19,23)/t15-/m1/s1. The molecule has 23 heavy (non-hydrogen) atoms. The summed E-state index contributed by atoms with van der Waals surface area (Å²) in [5.41, 5.74) is 0. The van der Waals surface area contributed by atoms with E-state index in [2.05, 4.69) is 40.5 Å². The highest BCUT2D eigenvalue weighted by molar-refractivity contribution is 5.78. The number of hydrogen-bond acceptors (Lipinski definition) is 4. The molecule has 1 aliphatic rings. The van der Waals surface area contributed by atoms with Crippen LogP contribution < -0.4 is 10.6 Å². The SMILES string of the molecule is C=CCNC(=O)CN1CCN(CC(=O)NCC=C)[C@H](CCC)C1. The highest BCUT2D eigenvalue weighted by atomic mass is 16.2. The van der Waals surface area contributed by atoms with Gasteiger partial charge in [-0.3, -0.25) is 19.4 Å². The summed E-state index contributed by atoms with van der Waals surface area (Å²) >= 11 is 0. The first-order valence-corrected chi connectivity index (χ1v) is 8.32. The molecule has 0 saturated carbocycles. The van der Waals surface area contributed by atoms with Crippen LogP contribution in [0.1, 0.15) is 19.8 Å². The number of amides is 2. The molecular formula is C17H30N4O2. The molecule has 0 aromatic heterocycles. The molecule has 0 aliphatic carbocycles. The van der Waals surface area contributed by atoms with Gasteiger partial charge in [0, 0.05) is 38.8 Å². The zero-order chi connectivity index (χ0) is 17.1. The third kappa shape index (κ3) is 7.43. The van der Waals surface area contributed by atoms with Gasteiger partial charge in [-0.2, -0.15) is 0 Å². The summed E-state index contributed by atoms with van der Waals surface area (Å²) in [6.45, 7) is 13.6. The molecule has 1 heterocycles. The molecule has 0 aromatic rings. The highest BCUT2D eigenvalue weighted by Crippen LogP contribution is 2.14. The Morgan fingerprint density at radius 3 is 2.26 bits per heavy atom. The Kier molecular flexibility index (Phi) is 9.24. The van der Waals surface area contributed by atoms with Gasteiger partial charge in [-0.15, -0.1) is 13.2 Å². The predicted molar refractivity (Wildman–Crippen MR) is 93.1 cm³/mol. The van der Waals surface area contributed by atoms with Crippen molar-refractivity contribution in [1.29, 1.82) is 0 Å². The Morgan fingerprint density at radius 2 is 1.70 bits per heavy atom. The topological polar surface area (TPSA) is 64.7 Å². The Balaban J connectivity index is 2.49. The molecule has 2 amide bonds. The summed E-state index contributed by atoms with van der Waals surface area (Å²) in [5.74, 6) is 0.0560. The van der Waals surface area contributed by atoms with Crippen LogP contribution in [-0.4, -0.2) is 73.5 Å². The molecule has 0 aromatic carbocycles. The van der Waals surface area contributed by atoms with Crippen LogP contribution in [0, 0.1) is 0 Å². The van der Waals surface area contributed by atoms with Crippen LogP contribution in [0.25, 0.3) is 0 Å². The number of rotatable bonds is 10. The number of carbonyl (C=O) groups excluding carboxylic acids is 2. The van der Waals surface area contributed by atoms with E-state index in [1.807, 2.05) is 0 Å². The minimum absolute atomic E-state index is 0.0253. The van der Waals surface area contributed by atoms with Crippen molar-refractivity contribution in [3.05, 3.63) is 25.3 Å². The number of carbonyl (C=O) groups is 2. The van der Waals surface area contributed by atoms with Gasteiger partial charge in [0.05, 0.1) is 13.1 Å². The third-order valence-electron chi connectivity index (χ3n) is 3.91. The summed E-state index contributed by atoms with van der Waals surface area (Å²) in [6.07, 6.45) is 5.45. The zero-order valence-electron chi connectivity index (χ0n) is 14.2. The van der Waals surface area contributed by atoms with E-state index in [1.165, 1.54) is 0 Å². The van der Waals surface area contributed by atoms with Gasteiger partial charge in [-0.05, 0) is 6.42 Å². The molecule has 6 heteroatoms. The van der Waals surface area contributed by atoms with Gasteiger partial charge in [0.2, 0.25) is 11.8 Å². The molecule has 0 unspecified atom stereocenters. The first kappa shape index (κ1) is 19.4. The molecule has 1 atom stereocenters. The second-order valence-corrected chi connectivity index (χ2v) is 5.83. The average molecular weight is 322 g/mol. The summed E-state index contributed by atoms with van der Waals surface area (Å²) in [6, 6.07) is 0.315. The lowest BCUT2D eigenvalue weighted by Crippen LogP contribution is -2.56. The van der Waals surface area contributed by atoms with Gasteiger partial charge in [0.25, 0.3) is 0 Å². The largest absolute Gasteiger partial charge is 0.352 e. The van der Waals surface area contributed by atoms with E-state index in [9.17, 15) is 9.59 Å². The quantitative estimate of drug-likeness (QED) is 0.571. The van der Waals surface area contributed by atoms with Crippen LogP contribution in [0.4, 0.5) is 0 Å². The van der Waals surface area contributed by atoms with Crippen molar-refractivity contribution >= 4 is 11.8 Å². The fraction of sp³-hybridized carbons (Fsp3) is 0.647. The molecule has 2 N–H and O–H groups in total. The summed E-state index contributed by atoms with van der Waals surface area (Å²) in [7, 11) is 0. The second kappa shape index (κ2) is 11.0. The number of nitrogens with one attached hydrogen (secondary N) is 2. The Hall–Kier alpha value is -1.66. The van der Waals surface area contributed by atoms with Crippen molar-refractivity contribution in [2.45, 2.75) is 25.8 Å². The van der Waals surface area contributed by atoms with Crippen LogP contribution in [0.15, 0.2) is 25.3 Å². The Morgan fingerprint density at radius 1 is 1.09 bits per heavy atom. The molecule has 0 spiro atoms. The van der Waals surface area contributed by atoms with E-state index in [0.29, 0.717) is 32.2 Å². The van der Waals surface area contributed by atoms with Gasteiger partial charge in [-0.1, -0.05) is 25.5 Å². The minimum Gasteiger partial charge on any atom is -0.352 e. The van der Waals surface area contributed by atoms with Gasteiger partial charge < -0.3 is 10.6 Å². The molecule has 1 fully saturated rings. The summed E-state index contributed by atoms with van der Waals surface area (Å²) in [5, 5.41) is 5.63. The highest BCUT2D eigenvalue weighted by Gasteiger charge is 2.28. The first-order valence-electron chi connectivity index (χ1n) is 8.32. The van der Waals surface area contributed by atoms with E-state index in [1.54, 1.807) is 12.2 Å². The fourth-order valence-electron chi connectivity index (χ4n) is 2.79. The van der Waals surface area contributed by atoms with E-state index < -0.39 is 0 Å². The maximum Gasteiger partial charge on any atom is 0.234 e. The average Bonchev–Trinajstić information content (AvgIpc) is 2.53. The van der Waals surface area contributed by atoms with E-state index >= 15 is 0 Å². The van der Waals surface area contributed by atoms with Crippen molar-refractivity contribution < 1.29 is 9.59 Å². The lowest BCUT2D eigenvalue weighted by molar-refractivity contribution is -0.125. The van der Waals surface area contributed by atoms with Crippen LogP contribution in [-0.2, 0) is 9.59 Å². The van der Waals surface area contributed by atoms with Gasteiger partial charge >= 0.3 is 0 Å². The number of nitrogens with zero attached hydrogens (tertiary/aromatic N) is 2. The van der Waals surface area contributed by atoms with Crippen molar-refractivity contribution in [3.63, 3.8) is 0 Å². The third-order valence-corrected chi connectivity index (χ3v) is 3.91. The normalized spacial score (nSPS) is 19.1. The zero-order valence-corrected chi connectivity index (χ0v) is 14.2. The number of hydrogen-bond donors (Lipinski definition) is 2. The van der Waals surface area contributed by atoms with Crippen LogP contribution >= 0.6 is 0 Å². The first-order chi connectivity index (χ1) is 11.1. The van der Waals surface area contributed by atoms with Gasteiger partial charge in [-0.25, -0.2) is 0 Å². The van der Waals surface area contributed by atoms with Crippen molar-refractivity contribution in [2.24, 2.45) is 0 Å². The summed E-state index contributed by atoms with van der Waals surface area (Å²) in [4.78, 5) is 28.1. The van der Waals surface area contributed by atoms with Crippen molar-refractivity contribution in [2.75, 3.05) is 45.8 Å². The smallest absolute Gasteiger partial charge is 0.234 e. The van der Waals surface area contributed by atoms with Gasteiger partial charge in [0.1, 0.15) is 0 Å². The predicted octanol–water partition coefficient (Wildman–Crippen LogP) is 0.377. The maximum absolute atomic E-state index is 11.9. The lowest BCUT2D eigenvalue weighted by atomic mass is 10.1. The van der Waals surface area contributed by atoms with E-state index in [-0.39, 0.29) is 11.8 Å². The molecular weight excluding hydrogens is 292 g/mol. The van der Waals surface area contributed by atoms with Crippen LogP contribution in [0.5, 0.6) is 0 Å². The lowest BCUT2D eigenvalue weighted by Gasteiger charge is -2.40. The molecule has 0 radical (unpaired) electrons. The Labute approximate surface area is 139 Å². The molecule has 130 valence electrons. The monoisotopic (exact) mass is 322 g/mol. The second-order valence-electron chi connectivity index (χ2n) is 5.83. The molecule has 1 saturated heterocycles. The molecule has 0 bridgehead atoms. The Bertz CT molecular complexity index is 411. The van der Waals surface area contributed by atoms with Crippen molar-refractivity contribution in [3.8, 4) is 0 Å². The van der Waals surface area contributed by atoms with E-state index in [0.717, 1.165) is 32.5 Å². The van der Waals surface area contributed by atoms with E-state index in [4.69, 9.17) is 0 Å². The van der Waals surface area contributed by atoms with Crippen LogP contribution in [0.3, 0.4) is 0 Å². The maximum atomic E-state index is 11.9. The summed E-state index contributed by atoms with van der Waals surface area (Å²) < 4.78 is 0. The fourth-order valence-corrected chi connectivity index (χ4v) is 2.79.